The van der Waals surface area contributed by atoms with Crippen LogP contribution in [0.25, 0.3) is 0 Å². The third kappa shape index (κ3) is 5.92. The van der Waals surface area contributed by atoms with E-state index in [-0.39, 0.29) is 25.1 Å². The van der Waals surface area contributed by atoms with Gasteiger partial charge in [-0.2, -0.15) is 0 Å². The van der Waals surface area contributed by atoms with Gasteiger partial charge in [0.1, 0.15) is 0 Å². The van der Waals surface area contributed by atoms with Crippen molar-refractivity contribution in [2.45, 2.75) is 50.8 Å². The molecule has 0 amide bonds. The van der Waals surface area contributed by atoms with Gasteiger partial charge in [0.15, 0.2) is 6.29 Å². The van der Waals surface area contributed by atoms with Crippen molar-refractivity contribution in [2.75, 3.05) is 13.2 Å². The quantitative estimate of drug-likeness (QED) is 0.683. The van der Waals surface area contributed by atoms with Crippen LogP contribution >= 0.6 is 0 Å². The fourth-order valence-electron chi connectivity index (χ4n) is 3.25. The molecular formula is C22H28O4. The summed E-state index contributed by atoms with van der Waals surface area (Å²) in [5.41, 5.74) is 2.22. The van der Waals surface area contributed by atoms with Crippen molar-refractivity contribution in [3.63, 3.8) is 0 Å². The van der Waals surface area contributed by atoms with E-state index in [1.165, 1.54) is 5.56 Å². The third-order valence-corrected chi connectivity index (χ3v) is 4.61. The Bertz CT molecular complexity index is 617. The molecule has 1 aliphatic heterocycles. The van der Waals surface area contributed by atoms with Crippen molar-refractivity contribution >= 4 is 0 Å². The fraction of sp³-hybridized carbons (Fsp3) is 0.455. The van der Waals surface area contributed by atoms with Crippen LogP contribution in [-0.2, 0) is 20.8 Å². The maximum atomic E-state index is 9.28. The van der Waals surface area contributed by atoms with Crippen LogP contribution in [0.5, 0.6) is 0 Å². The standard InChI is InChI=1S/C22H28O4/c23-14-13-21-16-20(25-22(26-21)19-10-5-2-6-11-19)12-7-15-24-17-18-8-3-1-4-9-18/h1-6,8-11,20-23H,7,12-17H2/t20-,21+,22-/m0/s1. The second kappa shape index (κ2) is 10.4. The number of rotatable bonds is 9. The number of benzene rings is 2. The van der Waals surface area contributed by atoms with Crippen LogP contribution in [0.4, 0.5) is 0 Å². The molecule has 1 fully saturated rings. The summed E-state index contributed by atoms with van der Waals surface area (Å²) in [6.07, 6.45) is 3.17. The normalized spacial score (nSPS) is 23.0. The van der Waals surface area contributed by atoms with Crippen molar-refractivity contribution in [1.29, 1.82) is 0 Å². The summed E-state index contributed by atoms with van der Waals surface area (Å²) in [4.78, 5) is 0. The molecule has 0 aliphatic carbocycles. The molecule has 2 aromatic carbocycles. The van der Waals surface area contributed by atoms with E-state index in [4.69, 9.17) is 14.2 Å². The molecule has 4 nitrogen and oxygen atoms in total. The van der Waals surface area contributed by atoms with Gasteiger partial charge in [0.25, 0.3) is 0 Å². The van der Waals surface area contributed by atoms with E-state index in [1.807, 2.05) is 48.5 Å². The summed E-state index contributed by atoms with van der Waals surface area (Å²) in [7, 11) is 0. The van der Waals surface area contributed by atoms with Crippen LogP contribution in [-0.4, -0.2) is 30.5 Å². The largest absolute Gasteiger partial charge is 0.396 e. The van der Waals surface area contributed by atoms with Gasteiger partial charge in [0.2, 0.25) is 0 Å². The first kappa shape index (κ1) is 19.1. The SMILES string of the molecule is OCC[C@@H]1C[C@H](CCCOCc2ccccc2)O[C@H](c2ccccc2)O1. The smallest absolute Gasteiger partial charge is 0.184 e. The van der Waals surface area contributed by atoms with Crippen molar-refractivity contribution in [3.8, 4) is 0 Å². The Morgan fingerprint density at radius 2 is 1.54 bits per heavy atom. The maximum absolute atomic E-state index is 9.28. The molecule has 1 saturated heterocycles. The van der Waals surface area contributed by atoms with Crippen molar-refractivity contribution in [2.24, 2.45) is 0 Å². The van der Waals surface area contributed by atoms with Gasteiger partial charge in [-0.1, -0.05) is 60.7 Å². The van der Waals surface area contributed by atoms with Crippen LogP contribution < -0.4 is 0 Å². The van der Waals surface area contributed by atoms with Crippen molar-refractivity contribution in [1.82, 2.24) is 0 Å². The number of aliphatic hydroxyl groups excluding tert-OH is 1. The fourth-order valence-corrected chi connectivity index (χ4v) is 3.25. The minimum absolute atomic E-state index is 0.0363. The Labute approximate surface area is 155 Å². The lowest BCUT2D eigenvalue weighted by molar-refractivity contribution is -0.251. The summed E-state index contributed by atoms with van der Waals surface area (Å²) < 4.78 is 17.9. The van der Waals surface area contributed by atoms with Crippen LogP contribution in [0.1, 0.15) is 43.1 Å². The molecule has 1 aliphatic rings. The highest BCUT2D eigenvalue weighted by Crippen LogP contribution is 2.32. The molecule has 0 bridgehead atoms. The lowest BCUT2D eigenvalue weighted by Crippen LogP contribution is -2.34. The summed E-state index contributed by atoms with van der Waals surface area (Å²) >= 11 is 0. The molecule has 26 heavy (non-hydrogen) atoms. The molecule has 0 spiro atoms. The second-order valence-electron chi connectivity index (χ2n) is 6.69. The summed E-state index contributed by atoms with van der Waals surface area (Å²) in [5.74, 6) is 0. The van der Waals surface area contributed by atoms with Gasteiger partial charge in [-0.25, -0.2) is 0 Å². The molecule has 0 aromatic heterocycles. The molecule has 0 radical (unpaired) electrons. The predicted molar refractivity (Wildman–Crippen MR) is 101 cm³/mol. The van der Waals surface area contributed by atoms with Gasteiger partial charge < -0.3 is 19.3 Å². The molecule has 1 heterocycles. The Hall–Kier alpha value is -1.72. The Morgan fingerprint density at radius 3 is 2.23 bits per heavy atom. The van der Waals surface area contributed by atoms with E-state index in [9.17, 15) is 5.11 Å². The lowest BCUT2D eigenvalue weighted by atomic mass is 10.0. The van der Waals surface area contributed by atoms with E-state index in [0.29, 0.717) is 13.0 Å². The van der Waals surface area contributed by atoms with Crippen LogP contribution in [0.15, 0.2) is 60.7 Å². The van der Waals surface area contributed by atoms with Gasteiger partial charge >= 0.3 is 0 Å². The van der Waals surface area contributed by atoms with Gasteiger partial charge in [-0.3, -0.25) is 0 Å². The van der Waals surface area contributed by atoms with Crippen LogP contribution in [0.2, 0.25) is 0 Å². The van der Waals surface area contributed by atoms with E-state index in [2.05, 4.69) is 12.1 Å². The van der Waals surface area contributed by atoms with E-state index >= 15 is 0 Å². The predicted octanol–water partition coefficient (Wildman–Crippen LogP) is 4.24. The molecule has 0 unspecified atom stereocenters. The third-order valence-electron chi connectivity index (χ3n) is 4.61. The molecule has 4 heteroatoms. The molecule has 140 valence electrons. The van der Waals surface area contributed by atoms with E-state index in [0.717, 1.165) is 31.4 Å². The monoisotopic (exact) mass is 356 g/mol. The van der Waals surface area contributed by atoms with E-state index < -0.39 is 0 Å². The molecule has 3 atom stereocenters. The van der Waals surface area contributed by atoms with Gasteiger partial charge in [-0.15, -0.1) is 0 Å². The zero-order valence-electron chi connectivity index (χ0n) is 15.1. The van der Waals surface area contributed by atoms with Crippen molar-refractivity contribution in [3.05, 3.63) is 71.8 Å². The first-order valence-corrected chi connectivity index (χ1v) is 9.43. The Morgan fingerprint density at radius 1 is 0.885 bits per heavy atom. The first-order valence-electron chi connectivity index (χ1n) is 9.43. The summed E-state index contributed by atoms with van der Waals surface area (Å²) in [6, 6.07) is 20.2. The Kier molecular flexibility index (Phi) is 7.65. The number of hydrogen-bond donors (Lipinski definition) is 1. The van der Waals surface area contributed by atoms with Gasteiger partial charge in [-0.05, 0) is 24.8 Å². The molecular weight excluding hydrogens is 328 g/mol. The molecule has 3 rings (SSSR count). The second-order valence-corrected chi connectivity index (χ2v) is 6.69. The summed E-state index contributed by atoms with van der Waals surface area (Å²) in [5, 5.41) is 9.28. The maximum Gasteiger partial charge on any atom is 0.184 e. The van der Waals surface area contributed by atoms with Crippen LogP contribution in [0, 0.1) is 0 Å². The number of hydrogen-bond acceptors (Lipinski definition) is 4. The number of aliphatic hydroxyl groups is 1. The minimum Gasteiger partial charge on any atom is -0.396 e. The van der Waals surface area contributed by atoms with Crippen molar-refractivity contribution < 1.29 is 19.3 Å². The van der Waals surface area contributed by atoms with Crippen LogP contribution in [0.3, 0.4) is 0 Å². The van der Waals surface area contributed by atoms with Gasteiger partial charge in [0, 0.05) is 25.2 Å². The highest BCUT2D eigenvalue weighted by atomic mass is 16.7. The number of ether oxygens (including phenoxy) is 3. The first-order chi connectivity index (χ1) is 12.8. The Balaban J connectivity index is 1.45. The zero-order chi connectivity index (χ0) is 18.0. The average molecular weight is 356 g/mol. The highest BCUT2D eigenvalue weighted by Gasteiger charge is 2.30. The molecule has 2 aromatic rings. The minimum atomic E-state index is -0.350. The highest BCUT2D eigenvalue weighted by molar-refractivity contribution is 5.16. The van der Waals surface area contributed by atoms with Gasteiger partial charge in [0.05, 0.1) is 18.8 Å². The molecule has 1 N–H and O–H groups in total. The summed E-state index contributed by atoms with van der Waals surface area (Å²) in [6.45, 7) is 1.50. The lowest BCUT2D eigenvalue weighted by Gasteiger charge is -2.36. The average Bonchev–Trinajstić information content (AvgIpc) is 2.69. The zero-order valence-corrected chi connectivity index (χ0v) is 15.1. The molecule has 0 saturated carbocycles. The van der Waals surface area contributed by atoms with E-state index in [1.54, 1.807) is 0 Å². The topological polar surface area (TPSA) is 47.9 Å².